The lowest BCUT2D eigenvalue weighted by molar-refractivity contribution is 0.337. The van der Waals surface area contributed by atoms with Crippen LogP contribution in [0.25, 0.3) is 0 Å². The van der Waals surface area contributed by atoms with Gasteiger partial charge in [0.25, 0.3) is 0 Å². The number of benzene rings is 1. The summed E-state index contributed by atoms with van der Waals surface area (Å²) in [5.41, 5.74) is 0. The Bertz CT molecular complexity index is 551. The first-order valence-electron chi connectivity index (χ1n) is 6.56. The first-order valence-corrected chi connectivity index (χ1v) is 8.76. The summed E-state index contributed by atoms with van der Waals surface area (Å²) in [6, 6.07) is 4.89. The first-order chi connectivity index (χ1) is 9.43. The third kappa shape index (κ3) is 3.46. The van der Waals surface area contributed by atoms with E-state index in [1.54, 1.807) is 13.1 Å². The highest BCUT2D eigenvalue weighted by atomic mass is 35.5. The van der Waals surface area contributed by atoms with Gasteiger partial charge in [0.1, 0.15) is 4.90 Å². The van der Waals surface area contributed by atoms with Gasteiger partial charge in [-0.15, -0.1) is 0 Å². The highest BCUT2D eigenvalue weighted by Crippen LogP contribution is 2.31. The fourth-order valence-electron chi connectivity index (χ4n) is 2.37. The van der Waals surface area contributed by atoms with Crippen molar-refractivity contribution in [1.82, 2.24) is 9.62 Å². The molecule has 0 amide bonds. The monoisotopic (exact) mass is 336 g/mol. The summed E-state index contributed by atoms with van der Waals surface area (Å²) in [6.07, 6.45) is 3.25. The van der Waals surface area contributed by atoms with Crippen LogP contribution in [-0.2, 0) is 10.0 Å². The largest absolute Gasteiger partial charge is 0.313 e. The smallest absolute Gasteiger partial charge is 0.245 e. The van der Waals surface area contributed by atoms with E-state index in [9.17, 15) is 8.42 Å². The van der Waals surface area contributed by atoms with Crippen LogP contribution >= 0.6 is 23.2 Å². The molecule has 2 rings (SSSR count). The molecule has 0 aromatic heterocycles. The highest BCUT2D eigenvalue weighted by Gasteiger charge is 2.28. The standard InChI is InChI=1S/C13H18Cl2N2O2S/c1-17(9-10-5-2-3-8-16-10)20(18,19)13-11(14)6-4-7-12(13)15/h4,6-7,10,16H,2-3,5,8-9H2,1H3. The van der Waals surface area contributed by atoms with Crippen molar-refractivity contribution in [2.45, 2.75) is 30.2 Å². The fraction of sp³-hybridized carbons (Fsp3) is 0.538. The molecule has 0 bridgehead atoms. The van der Waals surface area contributed by atoms with Crippen molar-refractivity contribution < 1.29 is 8.42 Å². The van der Waals surface area contributed by atoms with Crippen LogP contribution < -0.4 is 5.32 Å². The Morgan fingerprint density at radius 2 is 1.95 bits per heavy atom. The van der Waals surface area contributed by atoms with Crippen molar-refractivity contribution in [3.8, 4) is 0 Å². The van der Waals surface area contributed by atoms with E-state index in [4.69, 9.17) is 23.2 Å². The van der Waals surface area contributed by atoms with E-state index in [2.05, 4.69) is 5.32 Å². The summed E-state index contributed by atoms with van der Waals surface area (Å²) in [4.78, 5) is -0.0124. The minimum atomic E-state index is -3.67. The maximum Gasteiger partial charge on any atom is 0.245 e. The summed E-state index contributed by atoms with van der Waals surface area (Å²) >= 11 is 12.0. The lowest BCUT2D eigenvalue weighted by Gasteiger charge is -2.28. The van der Waals surface area contributed by atoms with Crippen LogP contribution in [0.4, 0.5) is 0 Å². The predicted octanol–water partition coefficient (Wildman–Crippen LogP) is 2.76. The predicted molar refractivity (Wildman–Crippen MR) is 81.9 cm³/mol. The molecule has 1 aromatic rings. The van der Waals surface area contributed by atoms with Crippen molar-refractivity contribution >= 4 is 33.2 Å². The number of sulfonamides is 1. The molecule has 1 N–H and O–H groups in total. The van der Waals surface area contributed by atoms with Crippen LogP contribution in [-0.4, -0.2) is 38.9 Å². The third-order valence-electron chi connectivity index (χ3n) is 3.48. The van der Waals surface area contributed by atoms with E-state index in [1.165, 1.54) is 16.4 Å². The zero-order chi connectivity index (χ0) is 14.8. The molecule has 1 atom stereocenters. The molecule has 20 heavy (non-hydrogen) atoms. The number of piperidine rings is 1. The van der Waals surface area contributed by atoms with Gasteiger partial charge in [0.05, 0.1) is 10.0 Å². The van der Waals surface area contributed by atoms with Gasteiger partial charge in [0, 0.05) is 19.6 Å². The van der Waals surface area contributed by atoms with E-state index >= 15 is 0 Å². The van der Waals surface area contributed by atoms with Crippen LogP contribution in [0.2, 0.25) is 10.0 Å². The number of halogens is 2. The Kier molecular flexibility index (Phi) is 5.31. The van der Waals surface area contributed by atoms with Crippen molar-refractivity contribution in [2.75, 3.05) is 20.1 Å². The van der Waals surface area contributed by atoms with Gasteiger partial charge in [-0.25, -0.2) is 8.42 Å². The molecule has 1 aliphatic heterocycles. The molecule has 0 radical (unpaired) electrons. The van der Waals surface area contributed by atoms with Crippen molar-refractivity contribution in [3.63, 3.8) is 0 Å². The van der Waals surface area contributed by atoms with E-state index in [0.29, 0.717) is 6.54 Å². The molecule has 1 aliphatic rings. The van der Waals surface area contributed by atoms with Gasteiger partial charge in [-0.1, -0.05) is 35.7 Å². The molecule has 4 nitrogen and oxygen atoms in total. The molecule has 7 heteroatoms. The highest BCUT2D eigenvalue weighted by molar-refractivity contribution is 7.89. The van der Waals surface area contributed by atoms with Gasteiger partial charge in [0.15, 0.2) is 0 Å². The molecule has 1 heterocycles. The van der Waals surface area contributed by atoms with Crippen molar-refractivity contribution in [3.05, 3.63) is 28.2 Å². The minimum Gasteiger partial charge on any atom is -0.313 e. The third-order valence-corrected chi connectivity index (χ3v) is 6.26. The number of nitrogens with one attached hydrogen (secondary N) is 1. The van der Waals surface area contributed by atoms with Gasteiger partial charge < -0.3 is 5.32 Å². The summed E-state index contributed by atoms with van der Waals surface area (Å²) in [5.74, 6) is 0. The second-order valence-electron chi connectivity index (χ2n) is 4.98. The molecule has 0 spiro atoms. The lowest BCUT2D eigenvalue weighted by Crippen LogP contribution is -2.44. The quantitative estimate of drug-likeness (QED) is 0.919. The Hall–Kier alpha value is -0.330. The molecular weight excluding hydrogens is 319 g/mol. The summed E-state index contributed by atoms with van der Waals surface area (Å²) in [7, 11) is -2.11. The average molecular weight is 337 g/mol. The second-order valence-corrected chi connectivity index (χ2v) is 7.78. The average Bonchev–Trinajstić information content (AvgIpc) is 2.39. The Balaban J connectivity index is 2.21. The molecule has 1 unspecified atom stereocenters. The van der Waals surface area contributed by atoms with Crippen molar-refractivity contribution in [1.29, 1.82) is 0 Å². The van der Waals surface area contributed by atoms with Gasteiger partial charge in [0.2, 0.25) is 10.0 Å². The normalized spacial score (nSPS) is 20.3. The van der Waals surface area contributed by atoms with Gasteiger partial charge >= 0.3 is 0 Å². The van der Waals surface area contributed by atoms with E-state index in [0.717, 1.165) is 25.8 Å². The van der Waals surface area contributed by atoms with E-state index in [1.807, 2.05) is 0 Å². The van der Waals surface area contributed by atoms with Gasteiger partial charge in [-0.2, -0.15) is 4.31 Å². The Morgan fingerprint density at radius 3 is 2.50 bits per heavy atom. The molecule has 1 saturated heterocycles. The zero-order valence-electron chi connectivity index (χ0n) is 11.3. The summed E-state index contributed by atoms with van der Waals surface area (Å²) in [6.45, 7) is 1.36. The van der Waals surface area contributed by atoms with E-state index < -0.39 is 10.0 Å². The molecule has 0 saturated carbocycles. The van der Waals surface area contributed by atoms with Crippen LogP contribution in [0.15, 0.2) is 23.1 Å². The number of nitrogens with zero attached hydrogens (tertiary/aromatic N) is 1. The molecule has 0 aliphatic carbocycles. The maximum atomic E-state index is 12.6. The van der Waals surface area contributed by atoms with Crippen LogP contribution in [0, 0.1) is 0 Å². The van der Waals surface area contributed by atoms with E-state index in [-0.39, 0.29) is 21.0 Å². The SMILES string of the molecule is CN(CC1CCCCN1)S(=O)(=O)c1c(Cl)cccc1Cl. The number of likely N-dealkylation sites (N-methyl/N-ethyl adjacent to an activating group) is 1. The topological polar surface area (TPSA) is 49.4 Å². The number of hydrogen-bond donors (Lipinski definition) is 1. The number of rotatable bonds is 4. The zero-order valence-corrected chi connectivity index (χ0v) is 13.6. The fourth-order valence-corrected chi connectivity index (χ4v) is 4.67. The summed E-state index contributed by atoms with van der Waals surface area (Å²) in [5, 5.41) is 3.64. The maximum absolute atomic E-state index is 12.6. The second kappa shape index (κ2) is 6.62. The number of hydrogen-bond acceptors (Lipinski definition) is 3. The van der Waals surface area contributed by atoms with Gasteiger partial charge in [-0.05, 0) is 31.5 Å². The minimum absolute atomic E-state index is 0.0124. The van der Waals surface area contributed by atoms with Crippen LogP contribution in [0.5, 0.6) is 0 Å². The van der Waals surface area contributed by atoms with Crippen LogP contribution in [0.1, 0.15) is 19.3 Å². The molecule has 1 fully saturated rings. The first kappa shape index (κ1) is 16.0. The Morgan fingerprint density at radius 1 is 1.30 bits per heavy atom. The Labute approximate surface area is 130 Å². The molecular formula is C13H18Cl2N2O2S. The molecule has 1 aromatic carbocycles. The lowest BCUT2D eigenvalue weighted by atomic mass is 10.1. The van der Waals surface area contributed by atoms with Crippen LogP contribution in [0.3, 0.4) is 0 Å². The van der Waals surface area contributed by atoms with Crippen molar-refractivity contribution in [2.24, 2.45) is 0 Å². The van der Waals surface area contributed by atoms with Gasteiger partial charge in [-0.3, -0.25) is 0 Å². The molecule has 112 valence electrons. The summed E-state index contributed by atoms with van der Waals surface area (Å²) < 4.78 is 26.5.